The molecule has 0 aliphatic heterocycles. The summed E-state index contributed by atoms with van der Waals surface area (Å²) >= 11 is 1.31. The first-order valence-electron chi connectivity index (χ1n) is 10.9. The van der Waals surface area contributed by atoms with E-state index in [9.17, 15) is 9.59 Å². The molecular weight excluding hydrogens is 460 g/mol. The van der Waals surface area contributed by atoms with Crippen LogP contribution in [0.15, 0.2) is 84.2 Å². The number of amides is 1. The SMILES string of the molecule is Cc1csc(NC(=O)COC(=O)c2ccc3nc(-c4ccccc4)c(-c4ccccc4)nc3c2)n1. The highest BCUT2D eigenvalue weighted by Gasteiger charge is 2.16. The summed E-state index contributed by atoms with van der Waals surface area (Å²) in [4.78, 5) is 38.6. The Bertz CT molecular complexity index is 1520. The van der Waals surface area contributed by atoms with E-state index in [2.05, 4.69) is 10.3 Å². The van der Waals surface area contributed by atoms with E-state index in [0.717, 1.165) is 22.5 Å². The van der Waals surface area contributed by atoms with Gasteiger partial charge in [0, 0.05) is 16.5 Å². The van der Waals surface area contributed by atoms with Crippen LogP contribution in [0.25, 0.3) is 33.5 Å². The molecular formula is C27H20N4O3S. The fourth-order valence-corrected chi connectivity index (χ4v) is 4.26. The first kappa shape index (κ1) is 22.4. The molecule has 0 saturated carbocycles. The van der Waals surface area contributed by atoms with E-state index in [1.807, 2.05) is 73.0 Å². The minimum Gasteiger partial charge on any atom is -0.452 e. The standard InChI is InChI=1S/C27H20N4O3S/c1-17-16-35-27(28-17)31-23(32)15-34-26(33)20-12-13-21-22(14-20)30-25(19-10-6-3-7-11-19)24(29-21)18-8-4-2-5-9-18/h2-14,16H,15H2,1H3,(H,28,31,32). The van der Waals surface area contributed by atoms with Crippen LogP contribution in [0.5, 0.6) is 0 Å². The summed E-state index contributed by atoms with van der Waals surface area (Å²) in [5, 5.41) is 4.90. The quantitative estimate of drug-likeness (QED) is 0.322. The Morgan fingerprint density at radius 2 is 1.46 bits per heavy atom. The van der Waals surface area contributed by atoms with Crippen molar-refractivity contribution in [2.24, 2.45) is 0 Å². The number of esters is 1. The third-order valence-electron chi connectivity index (χ3n) is 5.19. The molecule has 8 heteroatoms. The lowest BCUT2D eigenvalue weighted by Crippen LogP contribution is -2.20. The van der Waals surface area contributed by atoms with E-state index in [1.54, 1.807) is 18.2 Å². The number of carbonyl (C=O) groups excluding carboxylic acids is 2. The summed E-state index contributed by atoms with van der Waals surface area (Å²) in [5.41, 5.74) is 5.65. The van der Waals surface area contributed by atoms with Gasteiger partial charge in [-0.1, -0.05) is 60.7 Å². The van der Waals surface area contributed by atoms with Gasteiger partial charge < -0.3 is 4.74 Å². The van der Waals surface area contributed by atoms with Gasteiger partial charge in [-0.15, -0.1) is 11.3 Å². The number of ether oxygens (including phenoxy) is 1. The number of aromatic nitrogens is 3. The topological polar surface area (TPSA) is 94.1 Å². The van der Waals surface area contributed by atoms with Crippen molar-refractivity contribution in [3.8, 4) is 22.5 Å². The summed E-state index contributed by atoms with van der Waals surface area (Å²) in [5.74, 6) is -1.07. The average Bonchev–Trinajstić information content (AvgIpc) is 3.31. The van der Waals surface area contributed by atoms with Crippen LogP contribution < -0.4 is 5.32 Å². The molecule has 0 spiro atoms. The van der Waals surface area contributed by atoms with Gasteiger partial charge in [0.2, 0.25) is 0 Å². The fraction of sp³-hybridized carbons (Fsp3) is 0.0741. The Labute approximate surface area is 205 Å². The Balaban J connectivity index is 1.42. The second kappa shape index (κ2) is 9.82. The van der Waals surface area contributed by atoms with Crippen LogP contribution in [0, 0.1) is 6.92 Å². The van der Waals surface area contributed by atoms with Gasteiger partial charge in [0.1, 0.15) is 0 Å². The summed E-state index contributed by atoms with van der Waals surface area (Å²) in [7, 11) is 0. The van der Waals surface area contributed by atoms with Crippen molar-refractivity contribution in [2.75, 3.05) is 11.9 Å². The minimum absolute atomic E-state index is 0.288. The molecule has 1 amide bonds. The number of thiazole rings is 1. The van der Waals surface area contributed by atoms with Crippen molar-refractivity contribution in [1.29, 1.82) is 0 Å². The van der Waals surface area contributed by atoms with Gasteiger partial charge in [0.05, 0.1) is 33.7 Å². The smallest absolute Gasteiger partial charge is 0.338 e. The highest BCUT2D eigenvalue weighted by Crippen LogP contribution is 2.31. The molecule has 1 N–H and O–H groups in total. The number of benzene rings is 3. The first-order chi connectivity index (χ1) is 17.1. The van der Waals surface area contributed by atoms with Crippen LogP contribution in [0.2, 0.25) is 0 Å². The number of fused-ring (bicyclic) bond motifs is 1. The molecule has 172 valence electrons. The molecule has 0 unspecified atom stereocenters. The summed E-state index contributed by atoms with van der Waals surface area (Å²) in [6, 6.07) is 24.6. The molecule has 0 aliphatic carbocycles. The highest BCUT2D eigenvalue weighted by molar-refractivity contribution is 7.13. The maximum atomic E-state index is 12.6. The van der Waals surface area contributed by atoms with Gasteiger partial charge in [-0.2, -0.15) is 0 Å². The van der Waals surface area contributed by atoms with Gasteiger partial charge in [-0.25, -0.2) is 19.7 Å². The van der Waals surface area contributed by atoms with Gasteiger partial charge in [0.25, 0.3) is 5.91 Å². The van der Waals surface area contributed by atoms with Crippen LogP contribution in [-0.2, 0) is 9.53 Å². The second-order valence-corrected chi connectivity index (χ2v) is 8.63. The number of nitrogens with zero attached hydrogens (tertiary/aromatic N) is 3. The zero-order valence-electron chi connectivity index (χ0n) is 18.8. The van der Waals surface area contributed by atoms with Crippen molar-refractivity contribution in [3.63, 3.8) is 0 Å². The van der Waals surface area contributed by atoms with E-state index >= 15 is 0 Å². The van der Waals surface area contributed by atoms with Crippen molar-refractivity contribution < 1.29 is 14.3 Å². The van der Waals surface area contributed by atoms with Gasteiger partial charge >= 0.3 is 5.97 Å². The zero-order chi connectivity index (χ0) is 24.2. The molecule has 35 heavy (non-hydrogen) atoms. The van der Waals surface area contributed by atoms with Crippen LogP contribution in [0.4, 0.5) is 5.13 Å². The summed E-state index contributed by atoms with van der Waals surface area (Å²) in [6.07, 6.45) is 0. The Kier molecular flexibility index (Phi) is 6.28. The second-order valence-electron chi connectivity index (χ2n) is 7.77. The molecule has 2 aromatic heterocycles. The van der Waals surface area contributed by atoms with Crippen LogP contribution >= 0.6 is 11.3 Å². The number of nitrogens with one attached hydrogen (secondary N) is 1. The van der Waals surface area contributed by atoms with E-state index in [0.29, 0.717) is 21.9 Å². The maximum Gasteiger partial charge on any atom is 0.338 e. The number of anilines is 1. The monoisotopic (exact) mass is 480 g/mol. The molecule has 5 aromatic rings. The summed E-state index contributed by atoms with van der Waals surface area (Å²) in [6.45, 7) is 1.42. The molecule has 2 heterocycles. The third kappa shape index (κ3) is 5.07. The molecule has 0 fully saturated rings. The predicted molar refractivity (Wildman–Crippen MR) is 136 cm³/mol. The van der Waals surface area contributed by atoms with E-state index in [-0.39, 0.29) is 5.56 Å². The largest absolute Gasteiger partial charge is 0.452 e. The third-order valence-corrected chi connectivity index (χ3v) is 6.07. The van der Waals surface area contributed by atoms with Crippen molar-refractivity contribution in [2.45, 2.75) is 6.92 Å². The lowest BCUT2D eigenvalue weighted by Gasteiger charge is -2.11. The molecule has 0 bridgehead atoms. The minimum atomic E-state index is -0.618. The summed E-state index contributed by atoms with van der Waals surface area (Å²) < 4.78 is 5.20. The Morgan fingerprint density at radius 1 is 0.829 bits per heavy atom. The van der Waals surface area contributed by atoms with E-state index in [1.165, 1.54) is 11.3 Å². The number of hydrogen-bond donors (Lipinski definition) is 1. The molecule has 5 rings (SSSR count). The Morgan fingerprint density at radius 3 is 2.06 bits per heavy atom. The molecule has 0 radical (unpaired) electrons. The lowest BCUT2D eigenvalue weighted by molar-refractivity contribution is -0.119. The predicted octanol–water partition coefficient (Wildman–Crippen LogP) is 5.52. The highest BCUT2D eigenvalue weighted by atomic mass is 32.1. The number of hydrogen-bond acceptors (Lipinski definition) is 7. The van der Waals surface area contributed by atoms with Crippen molar-refractivity contribution in [1.82, 2.24) is 15.0 Å². The fourth-order valence-electron chi connectivity index (χ4n) is 3.56. The molecule has 7 nitrogen and oxygen atoms in total. The van der Waals surface area contributed by atoms with Gasteiger partial charge in [-0.3, -0.25) is 10.1 Å². The lowest BCUT2D eigenvalue weighted by atomic mass is 10.0. The van der Waals surface area contributed by atoms with Gasteiger partial charge in [-0.05, 0) is 25.1 Å². The number of carbonyl (C=O) groups is 2. The van der Waals surface area contributed by atoms with Crippen LogP contribution in [-0.4, -0.2) is 33.4 Å². The Hall–Kier alpha value is -4.43. The number of rotatable bonds is 6. The van der Waals surface area contributed by atoms with Crippen molar-refractivity contribution in [3.05, 3.63) is 95.5 Å². The normalized spacial score (nSPS) is 10.8. The van der Waals surface area contributed by atoms with Gasteiger partial charge in [0.15, 0.2) is 11.7 Å². The first-order valence-corrected chi connectivity index (χ1v) is 11.8. The molecule has 0 aliphatic rings. The average molecular weight is 481 g/mol. The van der Waals surface area contributed by atoms with E-state index < -0.39 is 18.5 Å². The molecule has 0 atom stereocenters. The zero-order valence-corrected chi connectivity index (χ0v) is 19.6. The van der Waals surface area contributed by atoms with Crippen molar-refractivity contribution >= 4 is 39.4 Å². The molecule has 3 aromatic carbocycles. The van der Waals surface area contributed by atoms with Crippen LogP contribution in [0.1, 0.15) is 16.1 Å². The molecule has 0 saturated heterocycles. The van der Waals surface area contributed by atoms with E-state index in [4.69, 9.17) is 14.7 Å². The van der Waals surface area contributed by atoms with Crippen LogP contribution in [0.3, 0.4) is 0 Å². The maximum absolute atomic E-state index is 12.6. The number of aryl methyl sites for hydroxylation is 1.